The first-order valence-corrected chi connectivity index (χ1v) is 6.16. The van der Waals surface area contributed by atoms with Crippen molar-refractivity contribution >= 4 is 11.9 Å². The maximum Gasteiger partial charge on any atom is 0.322 e. The van der Waals surface area contributed by atoms with Crippen molar-refractivity contribution in [3.8, 4) is 0 Å². The molecule has 2 heterocycles. The summed E-state index contributed by atoms with van der Waals surface area (Å²) in [5.74, 6) is 0.151. The van der Waals surface area contributed by atoms with Crippen LogP contribution in [0, 0.1) is 0 Å². The number of nitrogens with one attached hydrogen (secondary N) is 2. The van der Waals surface area contributed by atoms with Gasteiger partial charge in [0.15, 0.2) is 5.54 Å². The Morgan fingerprint density at radius 1 is 1.28 bits per heavy atom. The van der Waals surface area contributed by atoms with Crippen LogP contribution in [0.25, 0.3) is 0 Å². The summed E-state index contributed by atoms with van der Waals surface area (Å²) in [7, 11) is 0. The maximum atomic E-state index is 12.0. The van der Waals surface area contributed by atoms with E-state index in [1.165, 1.54) is 6.26 Å². The molecule has 98 valence electrons. The standard InChI is InChI=1S/C12H17N3O3/c13-7-3-1-2-6-12(9-5-4-8-18-9)10(16)14-11(17)15-12/h4-5,8H,1-3,6-7,13H2,(H2,14,15,16,17)/p+1/t12-/m1/s1. The molecule has 0 aromatic carbocycles. The molecule has 0 aliphatic carbocycles. The van der Waals surface area contributed by atoms with E-state index in [1.807, 2.05) is 0 Å². The predicted molar refractivity (Wildman–Crippen MR) is 63.3 cm³/mol. The zero-order valence-electron chi connectivity index (χ0n) is 10.2. The van der Waals surface area contributed by atoms with Crippen LogP contribution in [-0.4, -0.2) is 18.5 Å². The van der Waals surface area contributed by atoms with Crippen molar-refractivity contribution in [1.29, 1.82) is 0 Å². The molecule has 2 rings (SSSR count). The van der Waals surface area contributed by atoms with Gasteiger partial charge in [0, 0.05) is 0 Å². The molecule has 1 aromatic rings. The lowest BCUT2D eigenvalue weighted by molar-refractivity contribution is -0.368. The lowest BCUT2D eigenvalue weighted by Crippen LogP contribution is -2.50. The van der Waals surface area contributed by atoms with Gasteiger partial charge in [0.1, 0.15) is 5.76 Å². The summed E-state index contributed by atoms with van der Waals surface area (Å²) in [6.45, 7) is 0.881. The number of hydrogen-bond donors (Lipinski definition) is 3. The zero-order chi connectivity index (χ0) is 13.0. The van der Waals surface area contributed by atoms with Crippen LogP contribution in [0.5, 0.6) is 0 Å². The van der Waals surface area contributed by atoms with Crippen LogP contribution in [0.15, 0.2) is 22.8 Å². The Morgan fingerprint density at radius 3 is 2.67 bits per heavy atom. The number of urea groups is 1. The Balaban J connectivity index is 2.14. The van der Waals surface area contributed by atoms with E-state index in [1.54, 1.807) is 12.1 Å². The molecule has 18 heavy (non-hydrogen) atoms. The second-order valence-electron chi connectivity index (χ2n) is 4.46. The molecule has 0 radical (unpaired) electrons. The second kappa shape index (κ2) is 5.22. The number of hydrogen-bond acceptors (Lipinski definition) is 3. The van der Waals surface area contributed by atoms with Crippen molar-refractivity contribution in [2.75, 3.05) is 6.54 Å². The van der Waals surface area contributed by atoms with Gasteiger partial charge in [-0.2, -0.15) is 0 Å². The van der Waals surface area contributed by atoms with Gasteiger partial charge in [-0.3, -0.25) is 10.1 Å². The summed E-state index contributed by atoms with van der Waals surface area (Å²) in [5, 5.41) is 4.96. The van der Waals surface area contributed by atoms with Crippen molar-refractivity contribution < 1.29 is 19.7 Å². The normalized spacial score (nSPS) is 22.9. The number of carbonyl (C=O) groups is 2. The first-order valence-electron chi connectivity index (χ1n) is 6.16. The number of amides is 3. The van der Waals surface area contributed by atoms with E-state index in [0.717, 1.165) is 25.8 Å². The number of unbranched alkanes of at least 4 members (excludes halogenated alkanes) is 2. The molecular weight excluding hydrogens is 234 g/mol. The Bertz CT molecular complexity index is 430. The predicted octanol–water partition coefficient (Wildman–Crippen LogP) is 0.117. The van der Waals surface area contributed by atoms with Gasteiger partial charge < -0.3 is 15.5 Å². The third-order valence-corrected chi connectivity index (χ3v) is 3.19. The van der Waals surface area contributed by atoms with E-state index in [9.17, 15) is 9.59 Å². The smallest absolute Gasteiger partial charge is 0.322 e. The summed E-state index contributed by atoms with van der Waals surface area (Å²) < 4.78 is 5.31. The molecule has 1 atom stereocenters. The molecule has 1 saturated heterocycles. The minimum atomic E-state index is -1.04. The number of rotatable bonds is 6. The molecule has 1 fully saturated rings. The zero-order valence-corrected chi connectivity index (χ0v) is 10.2. The highest BCUT2D eigenvalue weighted by molar-refractivity contribution is 6.07. The monoisotopic (exact) mass is 252 g/mol. The average Bonchev–Trinajstić information content (AvgIpc) is 2.94. The van der Waals surface area contributed by atoms with Crippen molar-refractivity contribution in [3.63, 3.8) is 0 Å². The molecule has 5 N–H and O–H groups in total. The van der Waals surface area contributed by atoms with E-state index in [0.29, 0.717) is 12.2 Å². The number of furan rings is 1. The largest absolute Gasteiger partial charge is 0.466 e. The molecule has 1 aromatic heterocycles. The Hall–Kier alpha value is -1.82. The molecule has 1 aliphatic rings. The van der Waals surface area contributed by atoms with Crippen molar-refractivity contribution in [3.05, 3.63) is 24.2 Å². The molecule has 0 bridgehead atoms. The number of carbonyl (C=O) groups excluding carboxylic acids is 2. The van der Waals surface area contributed by atoms with Crippen LogP contribution in [0.2, 0.25) is 0 Å². The summed E-state index contributed by atoms with van der Waals surface area (Å²) in [5.41, 5.74) is 2.74. The van der Waals surface area contributed by atoms with Crippen LogP contribution in [0.3, 0.4) is 0 Å². The molecule has 0 unspecified atom stereocenters. The maximum absolute atomic E-state index is 12.0. The summed E-state index contributed by atoms with van der Waals surface area (Å²) in [6.07, 6.45) is 4.88. The molecular formula is C12H18N3O3+. The van der Waals surface area contributed by atoms with E-state index >= 15 is 0 Å². The topological polar surface area (TPSA) is 99.0 Å². The van der Waals surface area contributed by atoms with Crippen LogP contribution >= 0.6 is 0 Å². The molecule has 0 saturated carbocycles. The van der Waals surface area contributed by atoms with Gasteiger partial charge in [0.2, 0.25) is 0 Å². The minimum Gasteiger partial charge on any atom is -0.466 e. The van der Waals surface area contributed by atoms with E-state index in [2.05, 4.69) is 16.4 Å². The van der Waals surface area contributed by atoms with E-state index in [-0.39, 0.29) is 5.91 Å². The van der Waals surface area contributed by atoms with Gasteiger partial charge in [-0.15, -0.1) is 0 Å². The van der Waals surface area contributed by atoms with Crippen LogP contribution < -0.4 is 16.4 Å². The van der Waals surface area contributed by atoms with Crippen LogP contribution in [0.4, 0.5) is 4.79 Å². The molecule has 3 amide bonds. The molecule has 1 aliphatic heterocycles. The van der Waals surface area contributed by atoms with Gasteiger partial charge in [-0.05, 0) is 37.8 Å². The Kier molecular flexibility index (Phi) is 3.66. The third kappa shape index (κ3) is 2.24. The second-order valence-corrected chi connectivity index (χ2v) is 4.46. The lowest BCUT2D eigenvalue weighted by Gasteiger charge is -2.23. The summed E-state index contributed by atoms with van der Waals surface area (Å²) >= 11 is 0. The minimum absolute atomic E-state index is 0.336. The van der Waals surface area contributed by atoms with Gasteiger partial charge >= 0.3 is 6.03 Å². The number of imide groups is 1. The quantitative estimate of drug-likeness (QED) is 0.495. The molecule has 6 heteroatoms. The highest BCUT2D eigenvalue weighted by atomic mass is 16.3. The van der Waals surface area contributed by atoms with Crippen LogP contribution in [-0.2, 0) is 10.3 Å². The fraction of sp³-hybridized carbons (Fsp3) is 0.500. The van der Waals surface area contributed by atoms with Gasteiger partial charge in [0.25, 0.3) is 5.91 Å². The highest BCUT2D eigenvalue weighted by Crippen LogP contribution is 2.31. The Labute approximate surface area is 105 Å². The molecule has 6 nitrogen and oxygen atoms in total. The van der Waals surface area contributed by atoms with Crippen molar-refractivity contribution in [2.24, 2.45) is 0 Å². The van der Waals surface area contributed by atoms with Crippen molar-refractivity contribution in [1.82, 2.24) is 10.6 Å². The summed E-state index contributed by atoms with van der Waals surface area (Å²) in [4.78, 5) is 23.4. The van der Waals surface area contributed by atoms with E-state index in [4.69, 9.17) is 4.42 Å². The fourth-order valence-corrected chi connectivity index (χ4v) is 2.23. The van der Waals surface area contributed by atoms with Crippen molar-refractivity contribution in [2.45, 2.75) is 31.2 Å². The molecule has 0 spiro atoms. The first kappa shape index (κ1) is 12.6. The third-order valence-electron chi connectivity index (χ3n) is 3.19. The highest BCUT2D eigenvalue weighted by Gasteiger charge is 2.49. The number of quaternary nitrogens is 1. The fourth-order valence-electron chi connectivity index (χ4n) is 2.23. The SMILES string of the molecule is [NH3+]CCCCC[C@]1(c2ccco2)NC(=O)NC1=O. The average molecular weight is 252 g/mol. The lowest BCUT2D eigenvalue weighted by atomic mass is 9.89. The first-order chi connectivity index (χ1) is 8.69. The van der Waals surface area contributed by atoms with Gasteiger partial charge in [-0.25, -0.2) is 4.79 Å². The van der Waals surface area contributed by atoms with Gasteiger partial charge in [0.05, 0.1) is 12.8 Å². The van der Waals surface area contributed by atoms with Crippen LogP contribution in [0.1, 0.15) is 31.4 Å². The Morgan fingerprint density at radius 2 is 2.11 bits per heavy atom. The van der Waals surface area contributed by atoms with E-state index < -0.39 is 11.6 Å². The summed E-state index contributed by atoms with van der Waals surface area (Å²) in [6, 6.07) is 2.96. The van der Waals surface area contributed by atoms with Gasteiger partial charge in [-0.1, -0.05) is 0 Å².